The van der Waals surface area contributed by atoms with Crippen molar-refractivity contribution >= 4 is 35.2 Å². The molecule has 0 aliphatic heterocycles. The van der Waals surface area contributed by atoms with E-state index in [0.717, 1.165) is 33.2 Å². The predicted octanol–water partition coefficient (Wildman–Crippen LogP) is 10.5. The molecule has 1 radical (unpaired) electrons. The first kappa shape index (κ1) is 31.7. The number of pyridine rings is 2. The molecule has 46 heavy (non-hydrogen) atoms. The maximum atomic E-state index is 13.5. The summed E-state index contributed by atoms with van der Waals surface area (Å²) in [5, 5.41) is 3.16. The van der Waals surface area contributed by atoms with Crippen LogP contribution in [0.25, 0.3) is 55.6 Å². The van der Waals surface area contributed by atoms with Crippen LogP contribution in [-0.4, -0.2) is 18.0 Å². The van der Waals surface area contributed by atoms with Gasteiger partial charge in [-0.1, -0.05) is 92.5 Å². The van der Waals surface area contributed by atoms with Crippen molar-refractivity contribution < 1.29 is 30.3 Å². The van der Waals surface area contributed by atoms with E-state index in [1.165, 1.54) is 28.4 Å². The Hall–Kier alpha value is -4.22. The average Bonchev–Trinajstić information content (AvgIpc) is 3.42. The third kappa shape index (κ3) is 7.10. The van der Waals surface area contributed by atoms with Gasteiger partial charge in [0.05, 0.1) is 13.7 Å². The van der Waals surface area contributed by atoms with Crippen LogP contribution in [0.2, 0.25) is 19.6 Å². The molecule has 0 spiro atoms. The van der Waals surface area contributed by atoms with Crippen LogP contribution in [0.4, 0.5) is 4.39 Å². The van der Waals surface area contributed by atoms with E-state index in [0.29, 0.717) is 16.9 Å². The Morgan fingerprint density at radius 2 is 1.59 bits per heavy atom. The van der Waals surface area contributed by atoms with Crippen LogP contribution in [0.3, 0.4) is 0 Å². The monoisotopic (exact) mass is 800 g/mol. The molecule has 0 amide bonds. The molecule has 0 fully saturated rings. The molecule has 3 nitrogen and oxygen atoms in total. The molecule has 233 valence electrons. The van der Waals surface area contributed by atoms with E-state index in [1.54, 1.807) is 12.3 Å². The minimum atomic E-state index is -1.46. The predicted molar refractivity (Wildman–Crippen MR) is 187 cm³/mol. The number of benzene rings is 4. The van der Waals surface area contributed by atoms with Gasteiger partial charge < -0.3 is 14.4 Å². The number of halogens is 1. The minimum Gasteiger partial charge on any atom is -0.500 e. The molecule has 0 saturated heterocycles. The summed E-state index contributed by atoms with van der Waals surface area (Å²) in [5.41, 5.74) is 8.01. The summed E-state index contributed by atoms with van der Waals surface area (Å²) in [7, 11) is -1.46. The van der Waals surface area contributed by atoms with Gasteiger partial charge in [0.1, 0.15) is 11.4 Å². The van der Waals surface area contributed by atoms with Crippen LogP contribution in [-0.2, 0) is 20.1 Å². The van der Waals surface area contributed by atoms with Gasteiger partial charge in [-0.25, -0.2) is 4.39 Å². The Kier molecular flexibility index (Phi) is 9.69. The zero-order valence-electron chi connectivity index (χ0n) is 27.5. The second-order valence-corrected chi connectivity index (χ2v) is 17.3. The van der Waals surface area contributed by atoms with E-state index in [-0.39, 0.29) is 25.9 Å². The van der Waals surface area contributed by atoms with Crippen molar-refractivity contribution in [2.24, 2.45) is 0 Å². The number of hydrogen-bond acceptors (Lipinski definition) is 3. The fourth-order valence-electron chi connectivity index (χ4n) is 5.39. The maximum absolute atomic E-state index is 13.5. The molecule has 3 heterocycles. The minimum absolute atomic E-state index is 0. The van der Waals surface area contributed by atoms with Crippen LogP contribution in [0.5, 0.6) is 0 Å². The second-order valence-electron chi connectivity index (χ2n) is 12.3. The summed E-state index contributed by atoms with van der Waals surface area (Å²) in [4.78, 5) is 9.12. The van der Waals surface area contributed by atoms with E-state index < -0.39 is 14.0 Å². The molecule has 6 heteroatoms. The fraction of sp³-hybridized carbons (Fsp3) is 0.150. The van der Waals surface area contributed by atoms with Gasteiger partial charge in [-0.15, -0.1) is 54.1 Å². The number of furan rings is 1. The molecular formula is C40H35FIrN2OSi-2. The van der Waals surface area contributed by atoms with Gasteiger partial charge in [-0.05, 0) is 51.8 Å². The topological polar surface area (TPSA) is 38.9 Å². The maximum Gasteiger partial charge on any atom is 0.126 e. The zero-order chi connectivity index (χ0) is 32.5. The molecule has 4 aromatic carbocycles. The van der Waals surface area contributed by atoms with E-state index in [4.69, 9.17) is 10.8 Å². The van der Waals surface area contributed by atoms with Crippen molar-refractivity contribution in [1.29, 1.82) is 0 Å². The van der Waals surface area contributed by atoms with Crippen LogP contribution in [0.1, 0.15) is 26.7 Å². The van der Waals surface area contributed by atoms with Crippen molar-refractivity contribution in [2.45, 2.75) is 39.4 Å². The van der Waals surface area contributed by atoms with Gasteiger partial charge in [0, 0.05) is 45.3 Å². The SMILES string of the molecule is C[Si](C)(C)c1cnc(-c2[c-]cccc2)cc1-c1ccccc1.[2H]C(C)(C)c1ccnc(-c2[c-]ccc3c2oc2cc(F)ccc23)c1.[Ir]. The summed E-state index contributed by atoms with van der Waals surface area (Å²) in [6, 6.07) is 39.2. The summed E-state index contributed by atoms with van der Waals surface area (Å²) >= 11 is 0. The average molecular weight is 800 g/mol. The Morgan fingerprint density at radius 1 is 0.804 bits per heavy atom. The van der Waals surface area contributed by atoms with Crippen molar-refractivity contribution in [3.8, 4) is 33.6 Å². The first-order chi connectivity index (χ1) is 22.0. The van der Waals surface area contributed by atoms with E-state index in [9.17, 15) is 4.39 Å². The second kappa shape index (κ2) is 14.0. The van der Waals surface area contributed by atoms with Crippen molar-refractivity contribution in [3.05, 3.63) is 139 Å². The third-order valence-electron chi connectivity index (χ3n) is 7.77. The Balaban J connectivity index is 0.000000181. The van der Waals surface area contributed by atoms with Gasteiger partial charge in [0.25, 0.3) is 0 Å². The molecule has 0 bridgehead atoms. The van der Waals surface area contributed by atoms with Crippen LogP contribution >= 0.6 is 0 Å². The van der Waals surface area contributed by atoms with Gasteiger partial charge in [0.15, 0.2) is 0 Å². The Labute approximate surface area is 286 Å². The molecular weight excluding hydrogens is 764 g/mol. The number of rotatable bonds is 5. The smallest absolute Gasteiger partial charge is 0.126 e. The third-order valence-corrected chi connectivity index (χ3v) is 9.78. The van der Waals surface area contributed by atoms with Crippen molar-refractivity contribution in [3.63, 3.8) is 0 Å². The number of fused-ring (bicyclic) bond motifs is 3. The number of nitrogens with zero attached hydrogens (tertiary/aromatic N) is 2. The van der Waals surface area contributed by atoms with Crippen LogP contribution in [0, 0.1) is 17.9 Å². The molecule has 0 saturated carbocycles. The fourth-order valence-corrected chi connectivity index (χ4v) is 6.87. The summed E-state index contributed by atoms with van der Waals surface area (Å²) < 4.78 is 27.6. The quantitative estimate of drug-likeness (QED) is 0.129. The van der Waals surface area contributed by atoms with Crippen LogP contribution in [0.15, 0.2) is 120 Å². The molecule has 0 N–H and O–H groups in total. The molecule has 7 aromatic rings. The first-order valence-corrected chi connectivity index (χ1v) is 18.5. The van der Waals surface area contributed by atoms with E-state index >= 15 is 0 Å². The molecule has 0 unspecified atom stereocenters. The summed E-state index contributed by atoms with van der Waals surface area (Å²) in [6.45, 7) is 10.8. The van der Waals surface area contributed by atoms with Crippen molar-refractivity contribution in [1.82, 2.24) is 9.97 Å². The van der Waals surface area contributed by atoms with Crippen molar-refractivity contribution in [2.75, 3.05) is 0 Å². The Bertz CT molecular complexity index is 2140. The van der Waals surface area contributed by atoms with E-state index in [1.807, 2.05) is 56.3 Å². The number of aromatic nitrogens is 2. The largest absolute Gasteiger partial charge is 0.500 e. The zero-order valence-corrected chi connectivity index (χ0v) is 29.9. The normalized spacial score (nSPS) is 11.8. The van der Waals surface area contributed by atoms with Crippen LogP contribution < -0.4 is 5.19 Å². The standard InChI is InChI=1S/C20H15FNO.C20H20NSi.Ir/c1-12(2)13-8-9-22-18(10-13)17-5-3-4-16-15-7-6-14(21)11-19(15)23-20(16)17;1-22(2,3)20-15-21-19(17-12-8-5-9-13-17)14-18(20)16-10-6-4-7-11-16;/h3-4,6-12H,1-2H3;4-12,14-15H,1-3H3;/q2*-1;/i12D;;. The Morgan fingerprint density at radius 3 is 2.30 bits per heavy atom. The molecule has 7 rings (SSSR count). The first-order valence-electron chi connectivity index (χ1n) is 15.5. The molecule has 0 atom stereocenters. The molecule has 0 aliphatic carbocycles. The van der Waals surface area contributed by atoms with Gasteiger partial charge >= 0.3 is 0 Å². The molecule has 3 aromatic heterocycles. The molecule has 0 aliphatic rings. The summed E-state index contributed by atoms with van der Waals surface area (Å²) in [5.74, 6) is -1.05. The van der Waals surface area contributed by atoms with Gasteiger partial charge in [-0.2, -0.15) is 0 Å². The van der Waals surface area contributed by atoms with Gasteiger partial charge in [-0.3, -0.25) is 0 Å². The summed E-state index contributed by atoms with van der Waals surface area (Å²) in [6.07, 6.45) is 3.76. The van der Waals surface area contributed by atoms with E-state index in [2.05, 4.69) is 85.4 Å². The van der Waals surface area contributed by atoms with Gasteiger partial charge in [0.2, 0.25) is 0 Å². The number of hydrogen-bond donors (Lipinski definition) is 0.